The molecule has 2 aliphatic heterocycles. The quantitative estimate of drug-likeness (QED) is 0.0510. The fourth-order valence-electron chi connectivity index (χ4n) is 15.6. The third-order valence-corrected chi connectivity index (χ3v) is 19.6. The van der Waals surface area contributed by atoms with E-state index in [4.69, 9.17) is 18.6 Å². The molecule has 1 aromatic heterocycles. The van der Waals surface area contributed by atoms with Gasteiger partial charge in [-0.05, 0) is 148 Å². The first-order valence-electron chi connectivity index (χ1n) is 31.2. The Labute approximate surface area is 555 Å². The summed E-state index contributed by atoms with van der Waals surface area (Å²) in [5.74, 6) is -13.1. The second kappa shape index (κ2) is 23.7. The minimum Gasteiger partial charge on any atom is -0.508 e. The fraction of sp³-hybridized carbons (Fsp3) is 0.184. The first kappa shape index (κ1) is 62.6. The van der Waals surface area contributed by atoms with E-state index in [-0.39, 0.29) is 124 Å². The Kier molecular flexibility index (Phi) is 15.1. The van der Waals surface area contributed by atoms with Gasteiger partial charge in [0, 0.05) is 92.6 Å². The van der Waals surface area contributed by atoms with Crippen LogP contribution < -0.4 is 9.47 Å². The second-order valence-corrected chi connectivity index (χ2v) is 25.3. The third kappa shape index (κ3) is 10.2. The number of phenols is 13. The van der Waals surface area contributed by atoms with Crippen molar-refractivity contribution in [3.8, 4) is 109 Å². The van der Waals surface area contributed by atoms with Gasteiger partial charge in [-0.25, -0.2) is 0 Å². The molecule has 0 bridgehead atoms. The molecule has 18 N–H and O–H groups in total. The molecule has 0 saturated carbocycles. The SMILES string of the molecule is OC[C@H]1O[C@@H](Oc2c(O)cc(O)cc2[C@H](c2ccc(O)cc2)[C@@H](O)c2c(O)c3c4c5c2O[C@@H](c2ccc(O)cc2)C5c2cc(O)cc(O)c2C(c2ccc(O)cc2)[C@H]4[C@H](c2cc(O)cc4oc(-c5ccc(O)cc5)c(-c5cc(O)cc(O)c5)c24)[C@H]3c2ccc(O)cc2)[C@H](O)[C@@H](O)[C@@H]1O. The normalized spacial score (nSPS) is 22.8. The number of aromatic hydroxyl groups is 13. The third-order valence-electron chi connectivity index (χ3n) is 19.6. The van der Waals surface area contributed by atoms with Crippen LogP contribution in [0.4, 0.5) is 0 Å². The van der Waals surface area contributed by atoms with E-state index in [9.17, 15) is 91.9 Å². The van der Waals surface area contributed by atoms with Gasteiger partial charge in [-0.1, -0.05) is 48.5 Å². The minimum absolute atomic E-state index is 0.0521. The Morgan fingerprint density at radius 2 is 0.959 bits per heavy atom. The van der Waals surface area contributed by atoms with Crippen molar-refractivity contribution < 1.29 is 111 Å². The van der Waals surface area contributed by atoms with Crippen LogP contribution in [0, 0.1) is 0 Å². The largest absolute Gasteiger partial charge is 0.508 e. The molecule has 10 aromatic carbocycles. The van der Waals surface area contributed by atoms with Crippen LogP contribution in [0.2, 0.25) is 0 Å². The fourth-order valence-corrected chi connectivity index (χ4v) is 15.6. The van der Waals surface area contributed by atoms with Crippen molar-refractivity contribution >= 4 is 11.0 Å². The van der Waals surface area contributed by atoms with Crippen LogP contribution in [0.25, 0.3) is 33.4 Å². The Bertz CT molecular complexity index is 4920. The number of benzene rings is 10. The summed E-state index contributed by atoms with van der Waals surface area (Å²) in [5.41, 5.74) is 2.91. The lowest BCUT2D eigenvalue weighted by molar-refractivity contribution is -0.277. The van der Waals surface area contributed by atoms with Crippen LogP contribution in [-0.4, -0.2) is 129 Å². The minimum atomic E-state index is -2.20. The molecule has 98 heavy (non-hydrogen) atoms. The summed E-state index contributed by atoms with van der Waals surface area (Å²) < 4.78 is 26.2. The summed E-state index contributed by atoms with van der Waals surface area (Å²) in [4.78, 5) is 0. The molecular formula is C76H62O22. The summed E-state index contributed by atoms with van der Waals surface area (Å²) in [6.45, 7) is -0.877. The standard InChI is InChI=1S/C76H62O22/c77-30-53-67(90)70(93)71(94)76(96-53)98-74-49(26-45(86)28-51(74)89)54(31-1-11-37(78)12-2-31)68(91)66-69(92)64-56(33-5-15-39(80)16-6-33)60(48-25-46(87)29-52-59(48)57(36-21-42(83)23-43(84)22-36)72(95-52)34-7-17-40(81)18-8-34)62-55(32-3-13-38(79)14-4-32)58-47(24-44(85)27-50(58)88)61-65(63(62)64)75(66)97-73(61)35-9-19-41(82)20-10-35/h1-29,53-56,60-62,67-68,70-71,73,76-94H,30H2/t53-,54+,55?,56-,60-,61?,62+,67-,68-,70+,71-,73+,76+/m1/s1. The van der Waals surface area contributed by atoms with E-state index in [0.29, 0.717) is 27.8 Å². The maximum atomic E-state index is 14.4. The molecule has 3 heterocycles. The van der Waals surface area contributed by atoms with Crippen LogP contribution >= 0.6 is 0 Å². The Morgan fingerprint density at radius 3 is 1.56 bits per heavy atom. The average Bonchev–Trinajstić information content (AvgIpc) is 1.51. The van der Waals surface area contributed by atoms with Gasteiger partial charge in [-0.3, -0.25) is 0 Å². The lowest BCUT2D eigenvalue weighted by Crippen LogP contribution is -2.60. The zero-order chi connectivity index (χ0) is 68.6. The summed E-state index contributed by atoms with van der Waals surface area (Å²) >= 11 is 0. The van der Waals surface area contributed by atoms with E-state index in [2.05, 4.69) is 0 Å². The number of hydrogen-bond acceptors (Lipinski definition) is 22. The van der Waals surface area contributed by atoms with Gasteiger partial charge in [0.25, 0.3) is 0 Å². The van der Waals surface area contributed by atoms with Crippen LogP contribution in [0.1, 0.15) is 114 Å². The van der Waals surface area contributed by atoms with Crippen molar-refractivity contribution in [1.29, 1.82) is 0 Å². The molecule has 22 heteroatoms. The number of aliphatic hydroxyl groups excluding tert-OH is 5. The molecule has 4 aliphatic rings. The van der Waals surface area contributed by atoms with Gasteiger partial charge in [0.2, 0.25) is 6.29 Å². The number of aliphatic hydroxyl groups is 5. The number of fused-ring (bicyclic) bond motifs is 3. The van der Waals surface area contributed by atoms with E-state index in [0.717, 1.165) is 18.2 Å². The Hall–Kier alpha value is -11.5. The number of rotatable bonds is 13. The van der Waals surface area contributed by atoms with E-state index < -0.39 is 120 Å². The van der Waals surface area contributed by atoms with E-state index in [1.54, 1.807) is 48.5 Å². The smallest absolute Gasteiger partial charge is 0.229 e. The van der Waals surface area contributed by atoms with Crippen molar-refractivity contribution in [3.63, 3.8) is 0 Å². The molecule has 2 aliphatic carbocycles. The maximum Gasteiger partial charge on any atom is 0.229 e. The van der Waals surface area contributed by atoms with Gasteiger partial charge in [-0.15, -0.1) is 0 Å². The van der Waals surface area contributed by atoms with Crippen molar-refractivity contribution in [2.45, 2.75) is 78.4 Å². The van der Waals surface area contributed by atoms with Gasteiger partial charge in [0.05, 0.1) is 24.2 Å². The molecule has 1 saturated heterocycles. The molecule has 2 unspecified atom stereocenters. The van der Waals surface area contributed by atoms with Crippen molar-refractivity contribution in [2.24, 2.45) is 0 Å². The van der Waals surface area contributed by atoms with Gasteiger partial charge >= 0.3 is 0 Å². The monoisotopic (exact) mass is 1330 g/mol. The average molecular weight is 1330 g/mol. The van der Waals surface area contributed by atoms with Crippen molar-refractivity contribution in [2.75, 3.05) is 6.61 Å². The second-order valence-electron chi connectivity index (χ2n) is 25.3. The van der Waals surface area contributed by atoms with Crippen LogP contribution in [-0.2, 0) is 4.74 Å². The van der Waals surface area contributed by atoms with Crippen LogP contribution in [0.5, 0.6) is 86.2 Å². The molecule has 1 fully saturated rings. The predicted molar refractivity (Wildman–Crippen MR) is 349 cm³/mol. The molecule has 0 radical (unpaired) electrons. The number of ether oxygens (including phenoxy) is 3. The highest BCUT2D eigenvalue weighted by molar-refractivity contribution is 6.05. The molecule has 15 rings (SSSR count). The highest BCUT2D eigenvalue weighted by Crippen LogP contribution is 2.73. The molecule has 11 aromatic rings. The van der Waals surface area contributed by atoms with Gasteiger partial charge in [0.1, 0.15) is 117 Å². The first-order chi connectivity index (χ1) is 47.0. The zero-order valence-electron chi connectivity index (χ0n) is 51.1. The van der Waals surface area contributed by atoms with Crippen molar-refractivity contribution in [3.05, 3.63) is 243 Å². The predicted octanol–water partition coefficient (Wildman–Crippen LogP) is 10.4. The van der Waals surface area contributed by atoms with E-state index in [1.807, 2.05) is 0 Å². The highest BCUT2D eigenvalue weighted by atomic mass is 16.7. The van der Waals surface area contributed by atoms with Crippen LogP contribution in [0.3, 0.4) is 0 Å². The van der Waals surface area contributed by atoms with Crippen molar-refractivity contribution in [1.82, 2.24) is 0 Å². The van der Waals surface area contributed by atoms with Crippen LogP contribution in [0.15, 0.2) is 180 Å². The van der Waals surface area contributed by atoms with E-state index >= 15 is 0 Å². The summed E-state index contributed by atoms with van der Waals surface area (Å²) in [6, 6.07) is 41.0. The molecule has 22 nitrogen and oxygen atoms in total. The van der Waals surface area contributed by atoms with E-state index in [1.165, 1.54) is 109 Å². The maximum absolute atomic E-state index is 14.4. The number of phenolic OH excluding ortho intramolecular Hbond substituents is 13. The molecular weight excluding hydrogens is 1260 g/mol. The molecule has 0 spiro atoms. The number of furan rings is 1. The molecule has 13 atom stereocenters. The molecule has 498 valence electrons. The molecule has 0 amide bonds. The van der Waals surface area contributed by atoms with Gasteiger partial charge in [-0.2, -0.15) is 0 Å². The zero-order valence-corrected chi connectivity index (χ0v) is 51.1. The first-order valence-corrected chi connectivity index (χ1v) is 31.2. The topological polar surface area (TPSA) is 405 Å². The van der Waals surface area contributed by atoms with Gasteiger partial charge < -0.3 is 111 Å². The summed E-state index contributed by atoms with van der Waals surface area (Å²) in [5, 5.41) is 211. The lowest BCUT2D eigenvalue weighted by atomic mass is 9.68. The summed E-state index contributed by atoms with van der Waals surface area (Å²) in [6.07, 6.45) is -12.9. The number of hydrogen-bond donors (Lipinski definition) is 18. The Balaban J connectivity index is 1.10. The Morgan fingerprint density at radius 1 is 0.439 bits per heavy atom. The van der Waals surface area contributed by atoms with Gasteiger partial charge in [0.15, 0.2) is 11.5 Å². The lowest BCUT2D eigenvalue weighted by Gasteiger charge is -2.40. The summed E-state index contributed by atoms with van der Waals surface area (Å²) in [7, 11) is 0. The highest BCUT2D eigenvalue weighted by Gasteiger charge is 2.59.